The minimum absolute atomic E-state index is 0. The standard InChI is InChI=1S/C22H25FN2O4S.ClH/c1-14(26)29-20-21(15-5-8-17(28-4)9-6-15)30-19-13-16(23)7-10-18(19)25(22(20)27)12-11-24(2)3;/h5-10,13,20-21H,11-12H2,1-4H3;1H/t20-,21+;/m1./s1. The van der Waals surface area contributed by atoms with Gasteiger partial charge in [0.05, 0.1) is 18.0 Å². The Morgan fingerprint density at radius 2 is 1.87 bits per heavy atom. The number of carbonyl (C=O) groups excluding carboxylic acids is 2. The van der Waals surface area contributed by atoms with Crippen LogP contribution < -0.4 is 9.64 Å². The molecule has 1 heterocycles. The maximum Gasteiger partial charge on any atom is 0.303 e. The van der Waals surface area contributed by atoms with Gasteiger partial charge in [0.2, 0.25) is 0 Å². The van der Waals surface area contributed by atoms with Gasteiger partial charge in [0.25, 0.3) is 5.91 Å². The third-order valence-corrected chi connectivity index (χ3v) is 6.11. The Labute approximate surface area is 192 Å². The SMILES string of the molecule is COc1ccc([C@@H]2Sc3cc(F)ccc3N(CCN(C)C)C(=O)[C@@H]2OC(C)=O)cc1.Cl. The summed E-state index contributed by atoms with van der Waals surface area (Å²) in [5.74, 6) is -0.588. The van der Waals surface area contributed by atoms with Crippen LogP contribution in [-0.4, -0.2) is 57.2 Å². The molecule has 168 valence electrons. The zero-order valence-electron chi connectivity index (χ0n) is 17.8. The van der Waals surface area contributed by atoms with Crippen molar-refractivity contribution in [2.45, 2.75) is 23.2 Å². The van der Waals surface area contributed by atoms with E-state index in [1.807, 2.05) is 31.1 Å². The molecule has 0 saturated heterocycles. The van der Waals surface area contributed by atoms with E-state index in [-0.39, 0.29) is 24.1 Å². The lowest BCUT2D eigenvalue weighted by Gasteiger charge is -2.28. The molecule has 1 amide bonds. The Balaban J connectivity index is 0.00000341. The molecule has 9 heteroatoms. The van der Waals surface area contributed by atoms with Crippen molar-refractivity contribution in [3.63, 3.8) is 0 Å². The number of esters is 1. The average molecular weight is 469 g/mol. The van der Waals surface area contributed by atoms with Gasteiger partial charge < -0.3 is 19.3 Å². The summed E-state index contributed by atoms with van der Waals surface area (Å²) in [5, 5.41) is -0.530. The first-order valence-electron chi connectivity index (χ1n) is 9.53. The smallest absolute Gasteiger partial charge is 0.303 e. The number of hydrogen-bond acceptors (Lipinski definition) is 6. The average Bonchev–Trinajstić information content (AvgIpc) is 2.81. The third kappa shape index (κ3) is 5.90. The van der Waals surface area contributed by atoms with Crippen molar-refractivity contribution in [2.24, 2.45) is 0 Å². The molecule has 3 rings (SSSR count). The van der Waals surface area contributed by atoms with E-state index in [0.29, 0.717) is 29.4 Å². The molecule has 2 aromatic carbocycles. The number of carbonyl (C=O) groups is 2. The normalized spacial score (nSPS) is 18.1. The number of nitrogens with zero attached hydrogens (tertiary/aromatic N) is 2. The molecule has 1 aliphatic heterocycles. The lowest BCUT2D eigenvalue weighted by molar-refractivity contribution is -0.152. The zero-order chi connectivity index (χ0) is 21.8. The van der Waals surface area contributed by atoms with Gasteiger partial charge in [-0.2, -0.15) is 0 Å². The number of rotatable bonds is 6. The number of anilines is 1. The highest BCUT2D eigenvalue weighted by Crippen LogP contribution is 2.47. The number of thioether (sulfide) groups is 1. The number of benzene rings is 2. The summed E-state index contributed by atoms with van der Waals surface area (Å²) in [6.07, 6.45) is -1.04. The number of fused-ring (bicyclic) bond motifs is 1. The van der Waals surface area contributed by atoms with Crippen molar-refractivity contribution in [3.05, 3.63) is 53.8 Å². The van der Waals surface area contributed by atoms with E-state index in [1.165, 1.54) is 30.8 Å². The lowest BCUT2D eigenvalue weighted by atomic mass is 10.1. The highest BCUT2D eigenvalue weighted by Gasteiger charge is 2.40. The first-order chi connectivity index (χ1) is 14.3. The molecule has 2 atom stereocenters. The van der Waals surface area contributed by atoms with E-state index >= 15 is 0 Å². The second kappa shape index (κ2) is 10.8. The molecule has 0 aromatic heterocycles. The molecule has 0 spiro atoms. The summed E-state index contributed by atoms with van der Waals surface area (Å²) in [7, 11) is 5.39. The van der Waals surface area contributed by atoms with Gasteiger partial charge in [-0.05, 0) is 50.0 Å². The molecule has 2 aromatic rings. The summed E-state index contributed by atoms with van der Waals surface area (Å²) in [5.41, 5.74) is 1.39. The predicted molar refractivity (Wildman–Crippen MR) is 122 cm³/mol. The van der Waals surface area contributed by atoms with Crippen LogP contribution in [0, 0.1) is 5.82 Å². The van der Waals surface area contributed by atoms with Crippen LogP contribution in [0.1, 0.15) is 17.7 Å². The van der Waals surface area contributed by atoms with Crippen LogP contribution in [0.5, 0.6) is 5.75 Å². The second-order valence-electron chi connectivity index (χ2n) is 7.25. The van der Waals surface area contributed by atoms with Crippen LogP contribution in [0.4, 0.5) is 10.1 Å². The number of hydrogen-bond donors (Lipinski definition) is 0. The highest BCUT2D eigenvalue weighted by atomic mass is 35.5. The Morgan fingerprint density at radius 3 is 2.45 bits per heavy atom. The van der Waals surface area contributed by atoms with Gasteiger partial charge in [0.15, 0.2) is 6.10 Å². The highest BCUT2D eigenvalue weighted by molar-refractivity contribution is 7.99. The minimum atomic E-state index is -1.04. The van der Waals surface area contributed by atoms with Gasteiger partial charge in [-0.15, -0.1) is 24.2 Å². The first-order valence-corrected chi connectivity index (χ1v) is 10.4. The molecule has 0 saturated carbocycles. The van der Waals surface area contributed by atoms with E-state index in [2.05, 4.69) is 0 Å². The van der Waals surface area contributed by atoms with E-state index in [0.717, 1.165) is 5.56 Å². The Morgan fingerprint density at radius 1 is 1.19 bits per heavy atom. The Hall–Kier alpha value is -2.29. The molecule has 0 unspecified atom stereocenters. The molecule has 1 aliphatic rings. The second-order valence-corrected chi connectivity index (χ2v) is 8.43. The molecular formula is C22H26ClFN2O4S. The van der Waals surface area contributed by atoms with E-state index in [4.69, 9.17) is 9.47 Å². The summed E-state index contributed by atoms with van der Waals surface area (Å²) in [6.45, 7) is 2.27. The molecule has 0 radical (unpaired) electrons. The van der Waals surface area contributed by atoms with Crippen molar-refractivity contribution in [2.75, 3.05) is 39.2 Å². The number of methoxy groups -OCH3 is 1. The summed E-state index contributed by atoms with van der Waals surface area (Å²) >= 11 is 1.32. The predicted octanol–water partition coefficient (Wildman–Crippen LogP) is 3.93. The number of ether oxygens (including phenoxy) is 2. The van der Waals surface area contributed by atoms with Gasteiger partial charge in [0.1, 0.15) is 11.6 Å². The van der Waals surface area contributed by atoms with Crippen molar-refractivity contribution >= 4 is 41.7 Å². The van der Waals surface area contributed by atoms with Crippen LogP contribution >= 0.6 is 24.2 Å². The molecule has 6 nitrogen and oxygen atoms in total. The van der Waals surface area contributed by atoms with E-state index in [1.54, 1.807) is 30.2 Å². The van der Waals surface area contributed by atoms with Gasteiger partial charge in [-0.1, -0.05) is 12.1 Å². The van der Waals surface area contributed by atoms with Gasteiger partial charge in [-0.25, -0.2) is 4.39 Å². The zero-order valence-corrected chi connectivity index (χ0v) is 19.5. The van der Waals surface area contributed by atoms with Gasteiger partial charge in [-0.3, -0.25) is 9.59 Å². The van der Waals surface area contributed by atoms with Crippen LogP contribution in [0.3, 0.4) is 0 Å². The molecule has 0 aliphatic carbocycles. The lowest BCUT2D eigenvalue weighted by Crippen LogP contribution is -2.45. The van der Waals surface area contributed by atoms with Crippen LogP contribution in [0.2, 0.25) is 0 Å². The monoisotopic (exact) mass is 468 g/mol. The first kappa shape index (κ1) is 25.0. The maximum absolute atomic E-state index is 14.1. The molecule has 0 fully saturated rings. The van der Waals surface area contributed by atoms with Gasteiger partial charge in [0, 0.05) is 24.9 Å². The number of halogens is 2. The summed E-state index contributed by atoms with van der Waals surface area (Å²) in [6, 6.07) is 11.6. The van der Waals surface area contributed by atoms with Crippen LogP contribution in [0.25, 0.3) is 0 Å². The van der Waals surface area contributed by atoms with Crippen molar-refractivity contribution in [3.8, 4) is 5.75 Å². The third-order valence-electron chi connectivity index (χ3n) is 4.76. The largest absolute Gasteiger partial charge is 0.497 e. The van der Waals surface area contributed by atoms with Gasteiger partial charge >= 0.3 is 5.97 Å². The molecular weight excluding hydrogens is 443 g/mol. The number of likely N-dealkylation sites (N-methyl/N-ethyl adjacent to an activating group) is 1. The fraction of sp³-hybridized carbons (Fsp3) is 0.364. The minimum Gasteiger partial charge on any atom is -0.497 e. The Kier molecular flexibility index (Phi) is 8.73. The van der Waals surface area contributed by atoms with Crippen LogP contribution in [-0.2, 0) is 14.3 Å². The molecule has 0 N–H and O–H groups in total. The fourth-order valence-electron chi connectivity index (χ4n) is 3.26. The van der Waals surface area contributed by atoms with Crippen molar-refractivity contribution < 1.29 is 23.5 Å². The summed E-state index contributed by atoms with van der Waals surface area (Å²) < 4.78 is 24.8. The maximum atomic E-state index is 14.1. The molecule has 0 bridgehead atoms. The van der Waals surface area contributed by atoms with Crippen molar-refractivity contribution in [1.29, 1.82) is 0 Å². The number of amides is 1. The van der Waals surface area contributed by atoms with Crippen molar-refractivity contribution in [1.82, 2.24) is 4.90 Å². The topological polar surface area (TPSA) is 59.1 Å². The molecule has 31 heavy (non-hydrogen) atoms. The fourth-order valence-corrected chi connectivity index (χ4v) is 4.61. The Bertz CT molecular complexity index is 926. The van der Waals surface area contributed by atoms with E-state index in [9.17, 15) is 14.0 Å². The summed E-state index contributed by atoms with van der Waals surface area (Å²) in [4.78, 5) is 29.6. The quantitative estimate of drug-likeness (QED) is 0.599. The van der Waals surface area contributed by atoms with Crippen LogP contribution in [0.15, 0.2) is 47.4 Å². The van der Waals surface area contributed by atoms with E-state index < -0.39 is 17.3 Å².